The molecule has 0 fully saturated rings. The maximum absolute atomic E-state index is 12.9. The molecule has 0 bridgehead atoms. The van der Waals surface area contributed by atoms with Gasteiger partial charge in [-0.05, 0) is 38.5 Å². The van der Waals surface area contributed by atoms with Crippen LogP contribution in [-0.2, 0) is 4.74 Å². The zero-order valence-electron chi connectivity index (χ0n) is 11.2. The van der Waals surface area contributed by atoms with Gasteiger partial charge in [0, 0.05) is 11.0 Å². The van der Waals surface area contributed by atoms with Crippen molar-refractivity contribution in [2.24, 2.45) is 0 Å². The van der Waals surface area contributed by atoms with Gasteiger partial charge < -0.3 is 10.1 Å². The van der Waals surface area contributed by atoms with E-state index < -0.39 is 11.7 Å². The summed E-state index contributed by atoms with van der Waals surface area (Å²) < 4.78 is 18.6. The number of alkyl carbamates (subject to hydrolysis) is 1. The summed E-state index contributed by atoms with van der Waals surface area (Å²) in [5.41, 5.74) is 0.334. The van der Waals surface area contributed by atoms with Crippen molar-refractivity contribution in [1.29, 1.82) is 0 Å². The minimum atomic E-state index is -0.506. The second kappa shape index (κ2) is 6.70. The second-order valence-electron chi connectivity index (χ2n) is 4.95. The van der Waals surface area contributed by atoms with Crippen molar-refractivity contribution < 1.29 is 13.9 Å². The maximum Gasteiger partial charge on any atom is 0.407 e. The van der Waals surface area contributed by atoms with Gasteiger partial charge >= 0.3 is 6.09 Å². The molecule has 1 rings (SSSR count). The minimum Gasteiger partial charge on any atom is -0.444 e. The maximum atomic E-state index is 12.9. The van der Waals surface area contributed by atoms with Crippen LogP contribution in [0.25, 0.3) is 6.08 Å². The first-order chi connectivity index (χ1) is 8.78. The molecular formula is C14H17BrFNO2. The van der Waals surface area contributed by atoms with Crippen LogP contribution in [-0.4, -0.2) is 18.2 Å². The first-order valence-corrected chi connectivity index (χ1v) is 6.66. The number of hydrogen-bond donors (Lipinski definition) is 1. The standard InChI is InChI=1S/C14H17BrFNO2/c1-14(2,3)19-13(18)17-8-4-5-10-6-7-11(16)9-12(10)15/h4-7,9H,8H2,1-3H3,(H,17,18). The fourth-order valence-electron chi connectivity index (χ4n) is 1.28. The summed E-state index contributed by atoms with van der Waals surface area (Å²) in [7, 11) is 0. The molecule has 1 aromatic carbocycles. The van der Waals surface area contributed by atoms with E-state index in [0.717, 1.165) is 5.56 Å². The van der Waals surface area contributed by atoms with Gasteiger partial charge in [0.2, 0.25) is 0 Å². The molecule has 19 heavy (non-hydrogen) atoms. The number of rotatable bonds is 3. The monoisotopic (exact) mass is 329 g/mol. The average Bonchev–Trinajstić information content (AvgIpc) is 2.24. The molecule has 0 unspecified atom stereocenters. The first-order valence-electron chi connectivity index (χ1n) is 5.86. The molecule has 0 aliphatic heterocycles. The number of carbonyl (C=O) groups is 1. The topological polar surface area (TPSA) is 38.3 Å². The Morgan fingerprint density at radius 2 is 2.16 bits per heavy atom. The molecule has 0 atom stereocenters. The van der Waals surface area contributed by atoms with E-state index in [9.17, 15) is 9.18 Å². The number of benzene rings is 1. The zero-order chi connectivity index (χ0) is 14.5. The molecule has 104 valence electrons. The molecular weight excluding hydrogens is 313 g/mol. The molecule has 0 radical (unpaired) electrons. The molecule has 0 saturated carbocycles. The molecule has 0 saturated heterocycles. The lowest BCUT2D eigenvalue weighted by Gasteiger charge is -2.19. The fraction of sp³-hybridized carbons (Fsp3) is 0.357. The van der Waals surface area contributed by atoms with Crippen LogP contribution in [0, 0.1) is 5.82 Å². The van der Waals surface area contributed by atoms with Crippen molar-refractivity contribution in [3.8, 4) is 0 Å². The van der Waals surface area contributed by atoms with Crippen LogP contribution in [0.15, 0.2) is 28.7 Å². The van der Waals surface area contributed by atoms with E-state index in [0.29, 0.717) is 11.0 Å². The van der Waals surface area contributed by atoms with Gasteiger partial charge in [-0.3, -0.25) is 0 Å². The third-order valence-electron chi connectivity index (χ3n) is 2.02. The highest BCUT2D eigenvalue weighted by atomic mass is 79.9. The summed E-state index contributed by atoms with van der Waals surface area (Å²) in [4.78, 5) is 11.4. The van der Waals surface area contributed by atoms with Crippen molar-refractivity contribution in [3.05, 3.63) is 40.1 Å². The molecule has 0 aliphatic carbocycles. The van der Waals surface area contributed by atoms with Gasteiger partial charge in [0.25, 0.3) is 0 Å². The average molecular weight is 330 g/mol. The molecule has 0 aliphatic rings. The van der Waals surface area contributed by atoms with Crippen LogP contribution in [0.2, 0.25) is 0 Å². The van der Waals surface area contributed by atoms with E-state index in [1.54, 1.807) is 39.0 Å². The number of carbonyl (C=O) groups excluding carboxylic acids is 1. The summed E-state index contributed by atoms with van der Waals surface area (Å²) in [6.45, 7) is 5.76. The molecule has 0 heterocycles. The van der Waals surface area contributed by atoms with Crippen molar-refractivity contribution in [2.75, 3.05) is 6.54 Å². The summed E-state index contributed by atoms with van der Waals surface area (Å²) >= 11 is 3.26. The SMILES string of the molecule is CC(C)(C)OC(=O)NCC=Cc1ccc(F)cc1Br. The number of halogens is 2. The molecule has 1 aromatic rings. The Morgan fingerprint density at radius 1 is 1.47 bits per heavy atom. The Hall–Kier alpha value is -1.36. The normalized spacial score (nSPS) is 11.6. The lowest BCUT2D eigenvalue weighted by Crippen LogP contribution is -2.32. The summed E-state index contributed by atoms with van der Waals surface area (Å²) in [6, 6.07) is 4.43. The summed E-state index contributed by atoms with van der Waals surface area (Å²) in [6.07, 6.45) is 3.10. The number of hydrogen-bond acceptors (Lipinski definition) is 2. The Labute approximate surface area is 121 Å². The Morgan fingerprint density at radius 3 is 2.74 bits per heavy atom. The van der Waals surface area contributed by atoms with E-state index in [4.69, 9.17) is 4.74 Å². The third kappa shape index (κ3) is 6.38. The van der Waals surface area contributed by atoms with Crippen LogP contribution in [0.3, 0.4) is 0 Å². The van der Waals surface area contributed by atoms with Crippen LogP contribution in [0.4, 0.5) is 9.18 Å². The van der Waals surface area contributed by atoms with Gasteiger partial charge in [0.05, 0.1) is 0 Å². The van der Waals surface area contributed by atoms with Crippen LogP contribution in [0.1, 0.15) is 26.3 Å². The van der Waals surface area contributed by atoms with Crippen LogP contribution >= 0.6 is 15.9 Å². The van der Waals surface area contributed by atoms with E-state index in [2.05, 4.69) is 21.2 Å². The highest BCUT2D eigenvalue weighted by molar-refractivity contribution is 9.10. The molecule has 3 nitrogen and oxygen atoms in total. The second-order valence-corrected chi connectivity index (χ2v) is 5.81. The van der Waals surface area contributed by atoms with E-state index in [1.165, 1.54) is 12.1 Å². The lowest BCUT2D eigenvalue weighted by atomic mass is 10.2. The van der Waals surface area contributed by atoms with Crippen molar-refractivity contribution in [2.45, 2.75) is 26.4 Å². The lowest BCUT2D eigenvalue weighted by molar-refractivity contribution is 0.0534. The van der Waals surface area contributed by atoms with Crippen LogP contribution in [0.5, 0.6) is 0 Å². The zero-order valence-corrected chi connectivity index (χ0v) is 12.8. The third-order valence-corrected chi connectivity index (χ3v) is 2.71. The molecule has 1 N–H and O–H groups in total. The molecule has 1 amide bonds. The van der Waals surface area contributed by atoms with Gasteiger partial charge in [-0.1, -0.05) is 34.1 Å². The fourth-order valence-corrected chi connectivity index (χ4v) is 1.76. The van der Waals surface area contributed by atoms with Crippen molar-refractivity contribution in [1.82, 2.24) is 5.32 Å². The number of amides is 1. The predicted octanol–water partition coefficient (Wildman–Crippen LogP) is 4.13. The smallest absolute Gasteiger partial charge is 0.407 e. The molecule has 0 spiro atoms. The quantitative estimate of drug-likeness (QED) is 0.905. The van der Waals surface area contributed by atoms with Crippen molar-refractivity contribution in [3.63, 3.8) is 0 Å². The van der Waals surface area contributed by atoms with Crippen LogP contribution < -0.4 is 5.32 Å². The minimum absolute atomic E-state index is 0.295. The summed E-state index contributed by atoms with van der Waals surface area (Å²) in [5.74, 6) is -0.295. The van der Waals surface area contributed by atoms with Gasteiger partial charge in [-0.2, -0.15) is 0 Å². The van der Waals surface area contributed by atoms with Gasteiger partial charge in [0.1, 0.15) is 11.4 Å². The Bertz CT molecular complexity index is 481. The highest BCUT2D eigenvalue weighted by Gasteiger charge is 2.14. The molecule has 0 aromatic heterocycles. The van der Waals surface area contributed by atoms with E-state index in [1.807, 2.05) is 0 Å². The Kier molecular flexibility index (Phi) is 5.54. The summed E-state index contributed by atoms with van der Waals surface area (Å²) in [5, 5.41) is 2.60. The van der Waals surface area contributed by atoms with E-state index in [-0.39, 0.29) is 5.82 Å². The predicted molar refractivity (Wildman–Crippen MR) is 77.4 cm³/mol. The highest BCUT2D eigenvalue weighted by Crippen LogP contribution is 2.19. The Balaban J connectivity index is 2.44. The number of ether oxygens (including phenoxy) is 1. The largest absolute Gasteiger partial charge is 0.444 e. The first kappa shape index (κ1) is 15.7. The molecule has 5 heteroatoms. The van der Waals surface area contributed by atoms with E-state index >= 15 is 0 Å². The number of nitrogens with one attached hydrogen (secondary N) is 1. The van der Waals surface area contributed by atoms with Gasteiger partial charge in [-0.15, -0.1) is 0 Å². The van der Waals surface area contributed by atoms with Gasteiger partial charge in [-0.25, -0.2) is 9.18 Å². The van der Waals surface area contributed by atoms with Gasteiger partial charge in [0.15, 0.2) is 0 Å². The van der Waals surface area contributed by atoms with Crippen molar-refractivity contribution >= 4 is 28.1 Å².